The van der Waals surface area contributed by atoms with Gasteiger partial charge in [0.15, 0.2) is 0 Å². The molecule has 24 heavy (non-hydrogen) atoms. The van der Waals surface area contributed by atoms with Crippen LogP contribution < -0.4 is 5.32 Å². The number of anilines is 1. The predicted molar refractivity (Wildman–Crippen MR) is 91.2 cm³/mol. The summed E-state index contributed by atoms with van der Waals surface area (Å²) in [5.41, 5.74) is 2.63. The number of esters is 1. The van der Waals surface area contributed by atoms with Gasteiger partial charge in [0, 0.05) is 22.7 Å². The molecular formula is C18H17N3O3. The monoisotopic (exact) mass is 323 g/mol. The van der Waals surface area contributed by atoms with Crippen molar-refractivity contribution < 1.29 is 14.3 Å². The Labute approximate surface area is 138 Å². The van der Waals surface area contributed by atoms with Crippen LogP contribution in [0.5, 0.6) is 0 Å². The Hall–Kier alpha value is -3.15. The van der Waals surface area contributed by atoms with E-state index in [1.165, 1.54) is 0 Å². The summed E-state index contributed by atoms with van der Waals surface area (Å²) in [4.78, 5) is 31.2. The second kappa shape index (κ2) is 6.54. The van der Waals surface area contributed by atoms with Crippen molar-refractivity contribution in [1.82, 2.24) is 9.97 Å². The number of ether oxygens (including phenoxy) is 1. The first-order chi connectivity index (χ1) is 11.6. The second-order valence-corrected chi connectivity index (χ2v) is 5.38. The summed E-state index contributed by atoms with van der Waals surface area (Å²) >= 11 is 0. The Morgan fingerprint density at radius 1 is 1.21 bits per heavy atom. The molecule has 0 spiro atoms. The molecule has 2 N–H and O–H groups in total. The number of hydrogen-bond acceptors (Lipinski definition) is 4. The highest BCUT2D eigenvalue weighted by Crippen LogP contribution is 2.19. The number of carbonyl (C=O) groups excluding carboxylic acids is 2. The molecule has 6 heteroatoms. The molecule has 1 amide bonds. The third-order valence-corrected chi connectivity index (χ3v) is 3.54. The van der Waals surface area contributed by atoms with E-state index in [9.17, 15) is 9.59 Å². The van der Waals surface area contributed by atoms with Crippen LogP contribution in [0, 0.1) is 6.92 Å². The molecule has 6 nitrogen and oxygen atoms in total. The average molecular weight is 323 g/mol. The summed E-state index contributed by atoms with van der Waals surface area (Å²) in [5, 5.41) is 3.53. The maximum atomic E-state index is 12.4. The van der Waals surface area contributed by atoms with E-state index in [4.69, 9.17) is 4.74 Å². The highest BCUT2D eigenvalue weighted by Gasteiger charge is 2.13. The van der Waals surface area contributed by atoms with Crippen LogP contribution in [0.2, 0.25) is 0 Å². The van der Waals surface area contributed by atoms with E-state index in [-0.39, 0.29) is 5.91 Å². The Morgan fingerprint density at radius 3 is 2.79 bits per heavy atom. The molecule has 0 radical (unpaired) electrons. The smallest absolute Gasteiger partial charge is 0.354 e. The molecule has 2 aromatic heterocycles. The van der Waals surface area contributed by atoms with Gasteiger partial charge < -0.3 is 15.0 Å². The first kappa shape index (κ1) is 15.7. The number of aromatic amines is 1. The van der Waals surface area contributed by atoms with Crippen molar-refractivity contribution in [2.45, 2.75) is 13.8 Å². The summed E-state index contributed by atoms with van der Waals surface area (Å²) in [5.74, 6) is -0.168. The molecule has 0 aliphatic rings. The third-order valence-electron chi connectivity index (χ3n) is 3.54. The zero-order valence-electron chi connectivity index (χ0n) is 13.4. The topological polar surface area (TPSA) is 84.1 Å². The quantitative estimate of drug-likeness (QED) is 0.722. The molecule has 2 heterocycles. The molecule has 0 saturated carbocycles. The van der Waals surface area contributed by atoms with Gasteiger partial charge in [-0.05, 0) is 55.8 Å². The van der Waals surface area contributed by atoms with Gasteiger partial charge in [-0.15, -0.1) is 0 Å². The summed E-state index contributed by atoms with van der Waals surface area (Å²) in [6, 6.07) is 10.5. The van der Waals surface area contributed by atoms with Gasteiger partial charge in [0.1, 0.15) is 11.5 Å². The summed E-state index contributed by atoms with van der Waals surface area (Å²) in [6.45, 7) is 3.99. The van der Waals surface area contributed by atoms with Crippen LogP contribution in [0.3, 0.4) is 0 Å². The standard InChI is InChI=1S/C18H17N3O3/c1-3-24-18(23)15-10-13-9-12(4-5-14(13)20-15)17(22)21-16-8-11(2)6-7-19-16/h4-10,20H,3H2,1-2H3,(H,19,21,22). The molecule has 0 fully saturated rings. The Bertz CT molecular complexity index is 915. The first-order valence-corrected chi connectivity index (χ1v) is 7.60. The lowest BCUT2D eigenvalue weighted by atomic mass is 10.1. The minimum Gasteiger partial charge on any atom is -0.461 e. The van der Waals surface area contributed by atoms with E-state index in [0.717, 1.165) is 16.5 Å². The van der Waals surface area contributed by atoms with Crippen LogP contribution >= 0.6 is 0 Å². The molecule has 3 rings (SSSR count). The fourth-order valence-corrected chi connectivity index (χ4v) is 2.39. The van der Waals surface area contributed by atoms with Gasteiger partial charge in [-0.3, -0.25) is 4.79 Å². The summed E-state index contributed by atoms with van der Waals surface area (Å²) in [7, 11) is 0. The zero-order chi connectivity index (χ0) is 17.1. The molecule has 0 saturated heterocycles. The number of benzene rings is 1. The van der Waals surface area contributed by atoms with E-state index in [2.05, 4.69) is 15.3 Å². The van der Waals surface area contributed by atoms with Crippen molar-refractivity contribution in [2.75, 3.05) is 11.9 Å². The van der Waals surface area contributed by atoms with Crippen molar-refractivity contribution in [2.24, 2.45) is 0 Å². The molecule has 0 aliphatic carbocycles. The zero-order valence-corrected chi connectivity index (χ0v) is 13.4. The molecule has 3 aromatic rings. The number of H-pyrrole nitrogens is 1. The fraction of sp³-hybridized carbons (Fsp3) is 0.167. The Balaban J connectivity index is 1.84. The number of nitrogens with one attached hydrogen (secondary N) is 2. The summed E-state index contributed by atoms with van der Waals surface area (Å²) < 4.78 is 4.97. The van der Waals surface area contributed by atoms with Gasteiger partial charge >= 0.3 is 5.97 Å². The van der Waals surface area contributed by atoms with Crippen LogP contribution in [0.25, 0.3) is 10.9 Å². The van der Waals surface area contributed by atoms with Gasteiger partial charge in [-0.2, -0.15) is 0 Å². The SMILES string of the molecule is CCOC(=O)c1cc2cc(C(=O)Nc3cc(C)ccn3)ccc2[nH]1. The third kappa shape index (κ3) is 3.27. The minimum absolute atomic E-state index is 0.256. The lowest BCUT2D eigenvalue weighted by Gasteiger charge is -2.05. The van der Waals surface area contributed by atoms with Crippen molar-refractivity contribution in [3.05, 3.63) is 59.4 Å². The fourth-order valence-electron chi connectivity index (χ4n) is 2.39. The minimum atomic E-state index is -0.413. The first-order valence-electron chi connectivity index (χ1n) is 7.60. The molecule has 0 unspecified atom stereocenters. The lowest BCUT2D eigenvalue weighted by molar-refractivity contribution is 0.0520. The predicted octanol–water partition coefficient (Wildman–Crippen LogP) is 3.30. The maximum Gasteiger partial charge on any atom is 0.354 e. The molecule has 1 aromatic carbocycles. The Kier molecular flexibility index (Phi) is 4.29. The van der Waals surface area contributed by atoms with E-state index in [0.29, 0.717) is 23.7 Å². The number of rotatable bonds is 4. The average Bonchev–Trinajstić information content (AvgIpc) is 2.98. The lowest BCUT2D eigenvalue weighted by Crippen LogP contribution is -2.12. The van der Waals surface area contributed by atoms with Gasteiger partial charge in [-0.1, -0.05) is 0 Å². The Morgan fingerprint density at radius 2 is 2.04 bits per heavy atom. The maximum absolute atomic E-state index is 12.4. The van der Waals surface area contributed by atoms with Crippen molar-refractivity contribution in [1.29, 1.82) is 0 Å². The second-order valence-electron chi connectivity index (χ2n) is 5.38. The number of fused-ring (bicyclic) bond motifs is 1. The van der Waals surface area contributed by atoms with E-state index < -0.39 is 5.97 Å². The molecule has 122 valence electrons. The van der Waals surface area contributed by atoms with Crippen molar-refractivity contribution >= 4 is 28.6 Å². The number of carbonyl (C=O) groups is 2. The van der Waals surface area contributed by atoms with Gasteiger partial charge in [-0.25, -0.2) is 9.78 Å². The van der Waals surface area contributed by atoms with Crippen LogP contribution in [0.15, 0.2) is 42.6 Å². The van der Waals surface area contributed by atoms with E-state index >= 15 is 0 Å². The van der Waals surface area contributed by atoms with Crippen LogP contribution in [0.1, 0.15) is 33.3 Å². The number of amides is 1. The molecule has 0 aliphatic heterocycles. The summed E-state index contributed by atoms with van der Waals surface area (Å²) in [6.07, 6.45) is 1.64. The molecule has 0 atom stereocenters. The van der Waals surface area contributed by atoms with E-state index in [1.54, 1.807) is 43.5 Å². The highest BCUT2D eigenvalue weighted by molar-refractivity contribution is 6.06. The van der Waals surface area contributed by atoms with Crippen LogP contribution in [-0.2, 0) is 4.74 Å². The number of pyridine rings is 1. The van der Waals surface area contributed by atoms with Gasteiger partial charge in [0.25, 0.3) is 5.91 Å². The number of nitrogens with zero attached hydrogens (tertiary/aromatic N) is 1. The molecular weight excluding hydrogens is 306 g/mol. The van der Waals surface area contributed by atoms with Crippen molar-refractivity contribution in [3.8, 4) is 0 Å². The normalized spacial score (nSPS) is 10.6. The van der Waals surface area contributed by atoms with Crippen LogP contribution in [-0.4, -0.2) is 28.5 Å². The van der Waals surface area contributed by atoms with Crippen LogP contribution in [0.4, 0.5) is 5.82 Å². The van der Waals surface area contributed by atoms with Crippen molar-refractivity contribution in [3.63, 3.8) is 0 Å². The highest BCUT2D eigenvalue weighted by atomic mass is 16.5. The number of hydrogen-bond donors (Lipinski definition) is 2. The largest absolute Gasteiger partial charge is 0.461 e. The number of aryl methyl sites for hydroxylation is 1. The van der Waals surface area contributed by atoms with E-state index in [1.807, 2.05) is 13.0 Å². The number of aromatic nitrogens is 2. The molecule has 0 bridgehead atoms. The van der Waals surface area contributed by atoms with Gasteiger partial charge in [0.2, 0.25) is 0 Å². The van der Waals surface area contributed by atoms with Gasteiger partial charge in [0.05, 0.1) is 6.61 Å².